The standard InChI is InChI=1S/C14H16FN3O/c1-9-3-14(19)18(10(2)17-9)8-12-4-11(7-16)5-13(15)6-12/h3-6H,7-8,16H2,1-2H3. The average Bonchev–Trinajstić information content (AvgIpc) is 2.33. The zero-order valence-corrected chi connectivity index (χ0v) is 11.0. The highest BCUT2D eigenvalue weighted by Crippen LogP contribution is 2.10. The quantitative estimate of drug-likeness (QED) is 0.911. The monoisotopic (exact) mass is 261 g/mol. The molecule has 19 heavy (non-hydrogen) atoms. The molecule has 100 valence electrons. The Bertz CT molecular complexity index is 664. The minimum absolute atomic E-state index is 0.136. The van der Waals surface area contributed by atoms with Crippen LogP contribution < -0.4 is 11.3 Å². The zero-order valence-electron chi connectivity index (χ0n) is 11.0. The molecule has 2 aromatic rings. The Labute approximate surface area is 110 Å². The third kappa shape index (κ3) is 3.06. The van der Waals surface area contributed by atoms with Gasteiger partial charge in [-0.25, -0.2) is 9.37 Å². The van der Waals surface area contributed by atoms with E-state index < -0.39 is 0 Å². The van der Waals surface area contributed by atoms with Gasteiger partial charge in [0.2, 0.25) is 0 Å². The lowest BCUT2D eigenvalue weighted by molar-refractivity contribution is 0.617. The van der Waals surface area contributed by atoms with Crippen LogP contribution >= 0.6 is 0 Å². The van der Waals surface area contributed by atoms with Crippen LogP contribution in [-0.2, 0) is 13.1 Å². The molecule has 0 amide bonds. The Hall–Kier alpha value is -2.01. The summed E-state index contributed by atoms with van der Waals surface area (Å²) in [6, 6.07) is 6.07. The summed E-state index contributed by atoms with van der Waals surface area (Å²) in [5.41, 5.74) is 7.47. The Kier molecular flexibility index (Phi) is 3.76. The number of halogens is 1. The highest BCUT2D eigenvalue weighted by molar-refractivity contribution is 5.25. The summed E-state index contributed by atoms with van der Waals surface area (Å²) in [7, 11) is 0. The van der Waals surface area contributed by atoms with Gasteiger partial charge in [0.15, 0.2) is 0 Å². The Morgan fingerprint density at radius 2 is 1.89 bits per heavy atom. The van der Waals surface area contributed by atoms with E-state index in [2.05, 4.69) is 4.98 Å². The lowest BCUT2D eigenvalue weighted by Gasteiger charge is -2.10. The number of aromatic nitrogens is 2. The summed E-state index contributed by atoms with van der Waals surface area (Å²) >= 11 is 0. The predicted molar refractivity (Wildman–Crippen MR) is 71.4 cm³/mol. The van der Waals surface area contributed by atoms with E-state index in [1.54, 1.807) is 19.9 Å². The largest absolute Gasteiger partial charge is 0.326 e. The molecule has 1 aromatic heterocycles. The van der Waals surface area contributed by atoms with Crippen molar-refractivity contribution in [3.05, 3.63) is 63.1 Å². The topological polar surface area (TPSA) is 60.9 Å². The lowest BCUT2D eigenvalue weighted by Crippen LogP contribution is -2.24. The zero-order chi connectivity index (χ0) is 14.0. The van der Waals surface area contributed by atoms with Crippen LogP contribution in [0.5, 0.6) is 0 Å². The molecule has 0 unspecified atom stereocenters. The smallest absolute Gasteiger partial charge is 0.254 e. The fourth-order valence-corrected chi connectivity index (χ4v) is 2.07. The molecule has 0 aliphatic carbocycles. The van der Waals surface area contributed by atoms with Gasteiger partial charge in [-0.1, -0.05) is 6.07 Å². The second-order valence-corrected chi connectivity index (χ2v) is 4.54. The number of benzene rings is 1. The minimum Gasteiger partial charge on any atom is -0.326 e. The van der Waals surface area contributed by atoms with Gasteiger partial charge in [0.05, 0.1) is 6.54 Å². The molecule has 1 heterocycles. The molecule has 0 aliphatic heterocycles. The van der Waals surface area contributed by atoms with Gasteiger partial charge in [0.25, 0.3) is 5.56 Å². The number of hydrogen-bond donors (Lipinski definition) is 1. The third-order valence-corrected chi connectivity index (χ3v) is 2.92. The highest BCUT2D eigenvalue weighted by atomic mass is 19.1. The van der Waals surface area contributed by atoms with Crippen molar-refractivity contribution in [3.8, 4) is 0 Å². The van der Waals surface area contributed by atoms with Gasteiger partial charge in [0, 0.05) is 18.3 Å². The Morgan fingerprint density at radius 1 is 1.21 bits per heavy atom. The fraction of sp³-hybridized carbons (Fsp3) is 0.286. The first-order valence-electron chi connectivity index (χ1n) is 6.03. The summed E-state index contributed by atoms with van der Waals surface area (Å²) in [4.78, 5) is 16.1. The summed E-state index contributed by atoms with van der Waals surface area (Å²) in [6.07, 6.45) is 0. The van der Waals surface area contributed by atoms with Gasteiger partial charge < -0.3 is 5.73 Å². The van der Waals surface area contributed by atoms with Crippen LogP contribution in [0, 0.1) is 19.7 Å². The van der Waals surface area contributed by atoms with Crippen molar-refractivity contribution >= 4 is 0 Å². The Morgan fingerprint density at radius 3 is 2.53 bits per heavy atom. The number of nitrogens with two attached hydrogens (primary N) is 1. The fourth-order valence-electron chi connectivity index (χ4n) is 2.07. The molecule has 0 saturated heterocycles. The van der Waals surface area contributed by atoms with Gasteiger partial charge in [-0.3, -0.25) is 9.36 Å². The van der Waals surface area contributed by atoms with Crippen LogP contribution in [0.15, 0.2) is 29.1 Å². The molecule has 0 atom stereocenters. The van der Waals surface area contributed by atoms with Gasteiger partial charge in [-0.05, 0) is 37.1 Å². The van der Waals surface area contributed by atoms with Crippen LogP contribution in [0.25, 0.3) is 0 Å². The molecule has 0 radical (unpaired) electrons. The van der Waals surface area contributed by atoms with Crippen molar-refractivity contribution in [3.63, 3.8) is 0 Å². The third-order valence-electron chi connectivity index (χ3n) is 2.92. The molecular formula is C14H16FN3O. The predicted octanol–water partition coefficient (Wildman–Crippen LogP) is 1.51. The highest BCUT2D eigenvalue weighted by Gasteiger charge is 2.06. The van der Waals surface area contributed by atoms with E-state index in [1.807, 2.05) is 0 Å². The number of nitrogens with zero attached hydrogens (tertiary/aromatic N) is 2. The van der Waals surface area contributed by atoms with E-state index in [9.17, 15) is 9.18 Å². The summed E-state index contributed by atoms with van der Waals surface area (Å²) in [5.74, 6) is 0.271. The summed E-state index contributed by atoms with van der Waals surface area (Å²) in [6.45, 7) is 4.10. The molecule has 0 fully saturated rings. The molecular weight excluding hydrogens is 245 g/mol. The maximum atomic E-state index is 13.4. The first-order valence-corrected chi connectivity index (χ1v) is 6.03. The summed E-state index contributed by atoms with van der Waals surface area (Å²) < 4.78 is 14.9. The molecule has 5 heteroatoms. The molecule has 2 N–H and O–H groups in total. The van der Waals surface area contributed by atoms with E-state index in [4.69, 9.17) is 5.73 Å². The molecule has 0 bridgehead atoms. The molecule has 4 nitrogen and oxygen atoms in total. The van der Waals surface area contributed by atoms with Crippen LogP contribution in [0.1, 0.15) is 22.6 Å². The van der Waals surface area contributed by atoms with Crippen molar-refractivity contribution in [1.29, 1.82) is 0 Å². The van der Waals surface area contributed by atoms with E-state index in [0.717, 1.165) is 0 Å². The average molecular weight is 261 g/mol. The van der Waals surface area contributed by atoms with Gasteiger partial charge in [-0.2, -0.15) is 0 Å². The van der Waals surface area contributed by atoms with Crippen LogP contribution in [0.3, 0.4) is 0 Å². The van der Waals surface area contributed by atoms with Gasteiger partial charge in [-0.15, -0.1) is 0 Å². The van der Waals surface area contributed by atoms with Crippen molar-refractivity contribution in [1.82, 2.24) is 9.55 Å². The number of aryl methyl sites for hydroxylation is 2. The van der Waals surface area contributed by atoms with E-state index in [-0.39, 0.29) is 17.9 Å². The van der Waals surface area contributed by atoms with Crippen molar-refractivity contribution in [2.24, 2.45) is 5.73 Å². The van der Waals surface area contributed by atoms with Crippen LogP contribution in [0.2, 0.25) is 0 Å². The lowest BCUT2D eigenvalue weighted by atomic mass is 10.1. The minimum atomic E-state index is -0.344. The van der Waals surface area contributed by atoms with Gasteiger partial charge in [0.1, 0.15) is 11.6 Å². The van der Waals surface area contributed by atoms with Crippen LogP contribution in [-0.4, -0.2) is 9.55 Å². The molecule has 0 saturated carbocycles. The number of rotatable bonds is 3. The van der Waals surface area contributed by atoms with E-state index >= 15 is 0 Å². The first kappa shape index (κ1) is 13.4. The van der Waals surface area contributed by atoms with Crippen molar-refractivity contribution < 1.29 is 4.39 Å². The Balaban J connectivity index is 2.42. The SMILES string of the molecule is Cc1cc(=O)n(Cc2cc(F)cc(CN)c2)c(C)n1. The first-order chi connectivity index (χ1) is 8.99. The maximum Gasteiger partial charge on any atom is 0.254 e. The van der Waals surface area contributed by atoms with E-state index in [1.165, 1.54) is 22.8 Å². The summed E-state index contributed by atoms with van der Waals surface area (Å²) in [5, 5.41) is 0. The normalized spacial score (nSPS) is 10.7. The van der Waals surface area contributed by atoms with Gasteiger partial charge >= 0.3 is 0 Å². The molecule has 1 aromatic carbocycles. The maximum absolute atomic E-state index is 13.4. The second-order valence-electron chi connectivity index (χ2n) is 4.54. The molecule has 0 aliphatic rings. The van der Waals surface area contributed by atoms with Crippen molar-refractivity contribution in [2.75, 3.05) is 0 Å². The van der Waals surface area contributed by atoms with Crippen molar-refractivity contribution in [2.45, 2.75) is 26.9 Å². The van der Waals surface area contributed by atoms with E-state index in [0.29, 0.717) is 29.2 Å². The number of hydrogen-bond acceptors (Lipinski definition) is 3. The molecule has 0 spiro atoms. The molecule has 2 rings (SSSR count). The van der Waals surface area contributed by atoms with Crippen LogP contribution in [0.4, 0.5) is 4.39 Å². The second kappa shape index (κ2) is 5.32.